The molecule has 3 rings (SSSR count). The normalized spacial score (nSPS) is 15.3. The van der Waals surface area contributed by atoms with E-state index in [-0.39, 0.29) is 11.8 Å². The number of benzene rings is 1. The van der Waals surface area contributed by atoms with Gasteiger partial charge < -0.3 is 4.90 Å². The molecule has 0 saturated carbocycles. The van der Waals surface area contributed by atoms with Gasteiger partial charge in [0.1, 0.15) is 6.54 Å². The van der Waals surface area contributed by atoms with Crippen molar-refractivity contribution in [2.75, 3.05) is 20.1 Å². The summed E-state index contributed by atoms with van der Waals surface area (Å²) < 4.78 is 1.12. The maximum atomic E-state index is 12.3. The highest BCUT2D eigenvalue weighted by Crippen LogP contribution is 2.22. The average Bonchev–Trinajstić information content (AvgIpc) is 3.01. The van der Waals surface area contributed by atoms with Crippen molar-refractivity contribution in [3.63, 3.8) is 0 Å². The first-order chi connectivity index (χ1) is 10.6. The Morgan fingerprint density at radius 1 is 1.09 bits per heavy atom. The lowest BCUT2D eigenvalue weighted by atomic mass is 10.1. The fourth-order valence-electron chi connectivity index (χ4n) is 2.58. The van der Waals surface area contributed by atoms with Crippen LogP contribution in [0.5, 0.6) is 0 Å². The first kappa shape index (κ1) is 15.4. The summed E-state index contributed by atoms with van der Waals surface area (Å²) in [5.74, 6) is -0.348. The highest BCUT2D eigenvalue weighted by Gasteiger charge is 2.35. The Labute approximate surface area is 141 Å². The maximum Gasteiger partial charge on any atom is 0.261 e. The Morgan fingerprint density at radius 2 is 1.73 bits per heavy atom. The van der Waals surface area contributed by atoms with Gasteiger partial charge in [0.15, 0.2) is 0 Å². The third-order valence-electron chi connectivity index (χ3n) is 3.75. The number of amides is 2. The van der Waals surface area contributed by atoms with Crippen molar-refractivity contribution in [2.45, 2.75) is 6.54 Å². The number of carbonyl (C=O) groups excluding carboxylic acids is 2. The molecule has 6 heteroatoms. The van der Waals surface area contributed by atoms with Gasteiger partial charge in [0.2, 0.25) is 0 Å². The van der Waals surface area contributed by atoms with E-state index in [9.17, 15) is 9.59 Å². The predicted molar refractivity (Wildman–Crippen MR) is 89.3 cm³/mol. The van der Waals surface area contributed by atoms with Crippen molar-refractivity contribution in [1.82, 2.24) is 4.90 Å². The minimum atomic E-state index is -0.174. The second-order valence-electron chi connectivity index (χ2n) is 5.40. The van der Waals surface area contributed by atoms with Gasteiger partial charge in [-0.1, -0.05) is 12.1 Å². The summed E-state index contributed by atoms with van der Waals surface area (Å²) in [7, 11) is 2.08. The standard InChI is InChI=1S/C16H15BrN2O2S/c1-18(10-11-6-7-14(17)22-11)8-9-19-15(20)12-4-2-3-5-13(12)16(19)21/h2-7H,8-10H2,1H3/p+1. The number of thiophene rings is 1. The number of hydrogen-bond acceptors (Lipinski definition) is 3. The van der Waals surface area contributed by atoms with E-state index in [0.29, 0.717) is 17.7 Å². The molecule has 22 heavy (non-hydrogen) atoms. The van der Waals surface area contributed by atoms with E-state index in [1.54, 1.807) is 35.6 Å². The number of halogens is 1. The molecule has 0 radical (unpaired) electrons. The third-order valence-corrected chi connectivity index (χ3v) is 5.37. The molecule has 1 aromatic heterocycles. The van der Waals surface area contributed by atoms with Gasteiger partial charge in [0.05, 0.1) is 39.9 Å². The van der Waals surface area contributed by atoms with E-state index in [2.05, 4.69) is 29.0 Å². The first-order valence-corrected chi connectivity index (χ1v) is 8.68. The van der Waals surface area contributed by atoms with Crippen molar-refractivity contribution in [3.05, 3.63) is 56.2 Å². The van der Waals surface area contributed by atoms with E-state index >= 15 is 0 Å². The molecule has 0 saturated heterocycles. The Hall–Kier alpha value is -1.50. The number of rotatable bonds is 5. The second kappa shape index (κ2) is 6.32. The largest absolute Gasteiger partial charge is 0.331 e. The third kappa shape index (κ3) is 2.99. The van der Waals surface area contributed by atoms with Crippen LogP contribution < -0.4 is 4.90 Å². The number of hydrogen-bond donors (Lipinski definition) is 1. The fourth-order valence-corrected chi connectivity index (χ4v) is 4.17. The fraction of sp³-hybridized carbons (Fsp3) is 0.250. The van der Waals surface area contributed by atoms with E-state index in [1.165, 1.54) is 14.7 Å². The molecule has 1 unspecified atom stereocenters. The summed E-state index contributed by atoms with van der Waals surface area (Å²) in [6.07, 6.45) is 0. The van der Waals surface area contributed by atoms with Crippen LogP contribution in [-0.2, 0) is 6.54 Å². The average molecular weight is 380 g/mol. The van der Waals surface area contributed by atoms with Crippen LogP contribution in [0, 0.1) is 0 Å². The number of quaternary nitrogens is 1. The molecule has 0 fully saturated rings. The molecule has 4 nitrogen and oxygen atoms in total. The topological polar surface area (TPSA) is 41.8 Å². The van der Waals surface area contributed by atoms with Crippen LogP contribution in [0.1, 0.15) is 25.6 Å². The zero-order chi connectivity index (χ0) is 15.7. The molecule has 1 atom stereocenters. The lowest BCUT2D eigenvalue weighted by Crippen LogP contribution is -3.08. The van der Waals surface area contributed by atoms with E-state index in [4.69, 9.17) is 0 Å². The zero-order valence-corrected chi connectivity index (χ0v) is 14.5. The molecule has 114 valence electrons. The maximum absolute atomic E-state index is 12.3. The van der Waals surface area contributed by atoms with Gasteiger partial charge in [-0.25, -0.2) is 0 Å². The Morgan fingerprint density at radius 3 is 2.27 bits per heavy atom. The van der Waals surface area contributed by atoms with Crippen molar-refractivity contribution in [2.24, 2.45) is 0 Å². The van der Waals surface area contributed by atoms with Crippen LogP contribution in [0.15, 0.2) is 40.2 Å². The van der Waals surface area contributed by atoms with E-state index < -0.39 is 0 Å². The quantitative estimate of drug-likeness (QED) is 0.805. The van der Waals surface area contributed by atoms with E-state index in [0.717, 1.165) is 16.9 Å². The summed E-state index contributed by atoms with van der Waals surface area (Å²) in [5.41, 5.74) is 1.04. The van der Waals surface area contributed by atoms with Gasteiger partial charge in [0.25, 0.3) is 11.8 Å². The van der Waals surface area contributed by atoms with Crippen molar-refractivity contribution in [3.8, 4) is 0 Å². The van der Waals surface area contributed by atoms with Gasteiger partial charge in [-0.3, -0.25) is 14.5 Å². The summed E-state index contributed by atoms with van der Waals surface area (Å²) >= 11 is 5.17. The number of nitrogens with one attached hydrogen (secondary N) is 1. The number of fused-ring (bicyclic) bond motifs is 1. The molecule has 0 bridgehead atoms. The number of nitrogens with zero attached hydrogens (tertiary/aromatic N) is 1. The van der Waals surface area contributed by atoms with Gasteiger partial charge in [-0.15, -0.1) is 11.3 Å². The van der Waals surface area contributed by atoms with Crippen LogP contribution in [0.25, 0.3) is 0 Å². The SMILES string of the molecule is C[NH+](CCN1C(=O)c2ccccc2C1=O)Cc1ccc(Br)s1. The van der Waals surface area contributed by atoms with Gasteiger partial charge >= 0.3 is 0 Å². The Kier molecular flexibility index (Phi) is 4.42. The number of imide groups is 1. The highest BCUT2D eigenvalue weighted by atomic mass is 79.9. The predicted octanol–water partition coefficient (Wildman–Crippen LogP) is 1.82. The molecular weight excluding hydrogens is 364 g/mol. The van der Waals surface area contributed by atoms with Gasteiger partial charge in [-0.05, 0) is 40.2 Å². The van der Waals surface area contributed by atoms with E-state index in [1.807, 2.05) is 6.07 Å². The first-order valence-electron chi connectivity index (χ1n) is 7.07. The summed E-state index contributed by atoms with van der Waals surface area (Å²) in [6.45, 7) is 2.07. The van der Waals surface area contributed by atoms with Crippen LogP contribution in [0.3, 0.4) is 0 Å². The lowest BCUT2D eigenvalue weighted by Gasteiger charge is -2.17. The number of likely N-dealkylation sites (N-methyl/N-ethyl adjacent to an activating group) is 1. The van der Waals surface area contributed by atoms with Crippen LogP contribution >= 0.6 is 27.3 Å². The Balaban J connectivity index is 1.60. The molecule has 2 heterocycles. The molecule has 2 aromatic rings. The minimum Gasteiger partial charge on any atom is -0.331 e. The highest BCUT2D eigenvalue weighted by molar-refractivity contribution is 9.11. The van der Waals surface area contributed by atoms with Gasteiger partial charge in [-0.2, -0.15) is 0 Å². The summed E-state index contributed by atoms with van der Waals surface area (Å²) in [6, 6.07) is 11.2. The Bertz CT molecular complexity index is 693. The molecular formula is C16H16BrN2O2S+. The van der Waals surface area contributed by atoms with Crippen molar-refractivity contribution >= 4 is 39.1 Å². The van der Waals surface area contributed by atoms with Crippen LogP contribution in [0.4, 0.5) is 0 Å². The molecule has 1 aliphatic heterocycles. The summed E-state index contributed by atoms with van der Waals surface area (Å²) in [5, 5.41) is 0. The molecule has 1 aliphatic rings. The zero-order valence-electron chi connectivity index (χ0n) is 12.1. The minimum absolute atomic E-state index is 0.174. The van der Waals surface area contributed by atoms with Crippen molar-refractivity contribution in [1.29, 1.82) is 0 Å². The van der Waals surface area contributed by atoms with Crippen LogP contribution in [-0.4, -0.2) is 36.9 Å². The monoisotopic (exact) mass is 379 g/mol. The smallest absolute Gasteiger partial charge is 0.261 e. The molecule has 2 amide bonds. The lowest BCUT2D eigenvalue weighted by molar-refractivity contribution is -0.892. The second-order valence-corrected chi connectivity index (χ2v) is 7.94. The van der Waals surface area contributed by atoms with Crippen LogP contribution in [0.2, 0.25) is 0 Å². The number of carbonyl (C=O) groups is 2. The van der Waals surface area contributed by atoms with Crippen molar-refractivity contribution < 1.29 is 14.5 Å². The molecule has 1 aromatic carbocycles. The molecule has 0 spiro atoms. The van der Waals surface area contributed by atoms with Gasteiger partial charge in [0, 0.05) is 0 Å². The molecule has 1 N–H and O–H groups in total. The molecule has 0 aliphatic carbocycles. The summed E-state index contributed by atoms with van der Waals surface area (Å²) in [4.78, 5) is 28.5.